The van der Waals surface area contributed by atoms with E-state index in [1.54, 1.807) is 24.5 Å². The van der Waals surface area contributed by atoms with Gasteiger partial charge in [0.05, 0.1) is 24.6 Å². The Hall–Kier alpha value is -2.17. The van der Waals surface area contributed by atoms with Crippen LogP contribution in [-0.2, 0) is 4.74 Å². The molecule has 2 aromatic heterocycles. The largest absolute Gasteiger partial charge is 0.465 e. The van der Waals surface area contributed by atoms with Crippen molar-refractivity contribution in [3.63, 3.8) is 0 Å². The molecule has 0 radical (unpaired) electrons. The fraction of sp³-hybridized carbons (Fsp3) is 0.100. The van der Waals surface area contributed by atoms with E-state index in [0.29, 0.717) is 5.56 Å². The van der Waals surface area contributed by atoms with Gasteiger partial charge in [0.25, 0.3) is 0 Å². The Labute approximate surface area is 86.1 Å². The Bertz CT molecular complexity index is 448. The molecule has 2 aromatic rings. The number of esters is 1. The van der Waals surface area contributed by atoms with Crippen LogP contribution in [0.2, 0.25) is 0 Å². The van der Waals surface area contributed by atoms with Crippen LogP contribution in [0, 0.1) is 0 Å². The van der Waals surface area contributed by atoms with Gasteiger partial charge in [0, 0.05) is 18.0 Å². The molecule has 0 aliphatic rings. The molecular weight excluding hydrogens is 194 g/mol. The highest BCUT2D eigenvalue weighted by Gasteiger charge is 2.06. The number of hydrogen-bond acceptors (Lipinski definition) is 4. The molecule has 0 fully saturated rings. The maximum absolute atomic E-state index is 11.1. The lowest BCUT2D eigenvalue weighted by atomic mass is 10.2. The summed E-state index contributed by atoms with van der Waals surface area (Å²) in [4.78, 5) is 15.3. The average Bonchev–Trinajstić information content (AvgIpc) is 2.82. The van der Waals surface area contributed by atoms with Gasteiger partial charge in [0.15, 0.2) is 0 Å². The first-order valence-corrected chi connectivity index (χ1v) is 4.35. The zero-order chi connectivity index (χ0) is 10.7. The first-order chi connectivity index (χ1) is 7.31. The first-order valence-electron chi connectivity index (χ1n) is 4.35. The summed E-state index contributed by atoms with van der Waals surface area (Å²) >= 11 is 0. The van der Waals surface area contributed by atoms with Crippen molar-refractivity contribution in [3.05, 3.63) is 36.3 Å². The smallest absolute Gasteiger partial charge is 0.339 e. The van der Waals surface area contributed by atoms with Crippen LogP contribution < -0.4 is 0 Å². The third-order valence-corrected chi connectivity index (χ3v) is 1.98. The third-order valence-electron chi connectivity index (χ3n) is 1.98. The molecular formula is C10H9N3O2. The SMILES string of the molecule is COC(=O)c1ccc(-c2cn[nH]c2)nc1. The number of pyridine rings is 1. The van der Waals surface area contributed by atoms with E-state index < -0.39 is 0 Å². The summed E-state index contributed by atoms with van der Waals surface area (Å²) in [6, 6.07) is 3.41. The summed E-state index contributed by atoms with van der Waals surface area (Å²) < 4.78 is 4.57. The predicted molar refractivity (Wildman–Crippen MR) is 53.2 cm³/mol. The lowest BCUT2D eigenvalue weighted by Gasteiger charge is -1.99. The van der Waals surface area contributed by atoms with Crippen molar-refractivity contribution in [2.45, 2.75) is 0 Å². The van der Waals surface area contributed by atoms with Crippen LogP contribution in [0.15, 0.2) is 30.7 Å². The van der Waals surface area contributed by atoms with Crippen molar-refractivity contribution < 1.29 is 9.53 Å². The molecule has 5 nitrogen and oxygen atoms in total. The van der Waals surface area contributed by atoms with Gasteiger partial charge in [-0.2, -0.15) is 5.10 Å². The second-order valence-corrected chi connectivity index (χ2v) is 2.91. The van der Waals surface area contributed by atoms with Gasteiger partial charge in [-0.1, -0.05) is 0 Å². The fourth-order valence-corrected chi connectivity index (χ4v) is 1.19. The maximum Gasteiger partial charge on any atom is 0.339 e. The number of hydrogen-bond donors (Lipinski definition) is 1. The third kappa shape index (κ3) is 1.85. The summed E-state index contributed by atoms with van der Waals surface area (Å²) in [7, 11) is 1.34. The molecule has 5 heteroatoms. The summed E-state index contributed by atoms with van der Waals surface area (Å²) in [5.41, 5.74) is 2.08. The molecule has 76 valence electrons. The molecule has 0 spiro atoms. The van der Waals surface area contributed by atoms with Gasteiger partial charge < -0.3 is 4.74 Å². The van der Waals surface area contributed by atoms with Gasteiger partial charge in [-0.25, -0.2) is 4.79 Å². The number of aromatic amines is 1. The lowest BCUT2D eigenvalue weighted by molar-refractivity contribution is 0.0600. The van der Waals surface area contributed by atoms with Gasteiger partial charge in [0.1, 0.15) is 0 Å². The molecule has 2 rings (SSSR count). The van der Waals surface area contributed by atoms with Gasteiger partial charge in [-0.3, -0.25) is 10.1 Å². The number of methoxy groups -OCH3 is 1. The van der Waals surface area contributed by atoms with Crippen molar-refractivity contribution in [2.75, 3.05) is 7.11 Å². The Balaban J connectivity index is 2.29. The van der Waals surface area contributed by atoms with E-state index >= 15 is 0 Å². The zero-order valence-electron chi connectivity index (χ0n) is 8.10. The van der Waals surface area contributed by atoms with E-state index in [2.05, 4.69) is 19.9 Å². The van der Waals surface area contributed by atoms with Crippen LogP contribution in [0.1, 0.15) is 10.4 Å². The summed E-state index contributed by atoms with van der Waals surface area (Å²) in [6.45, 7) is 0. The summed E-state index contributed by atoms with van der Waals surface area (Å²) in [6.07, 6.45) is 4.88. The highest BCUT2D eigenvalue weighted by Crippen LogP contribution is 2.14. The predicted octanol–water partition coefficient (Wildman–Crippen LogP) is 1.26. The Morgan fingerprint density at radius 1 is 1.40 bits per heavy atom. The Morgan fingerprint density at radius 2 is 2.27 bits per heavy atom. The van der Waals surface area contributed by atoms with Gasteiger partial charge >= 0.3 is 5.97 Å². The number of aromatic nitrogens is 3. The van der Waals surface area contributed by atoms with Crippen LogP contribution in [0.5, 0.6) is 0 Å². The van der Waals surface area contributed by atoms with Gasteiger partial charge in [0.2, 0.25) is 0 Å². The van der Waals surface area contributed by atoms with Crippen molar-refractivity contribution in [1.29, 1.82) is 0 Å². The standard InChI is InChI=1S/C10H9N3O2/c1-15-10(14)7-2-3-9(11-4-7)8-5-12-13-6-8/h2-6H,1H3,(H,12,13). The topological polar surface area (TPSA) is 67.9 Å². The zero-order valence-corrected chi connectivity index (χ0v) is 8.10. The number of carbonyl (C=O) groups excluding carboxylic acids is 1. The molecule has 15 heavy (non-hydrogen) atoms. The summed E-state index contributed by atoms with van der Waals surface area (Å²) in [5.74, 6) is -0.388. The average molecular weight is 203 g/mol. The number of carbonyl (C=O) groups is 1. The normalized spacial score (nSPS) is 9.93. The second-order valence-electron chi connectivity index (χ2n) is 2.91. The molecule has 2 heterocycles. The number of nitrogens with one attached hydrogen (secondary N) is 1. The minimum absolute atomic E-state index is 0.388. The van der Waals surface area contributed by atoms with Crippen LogP contribution in [0.3, 0.4) is 0 Å². The second kappa shape index (κ2) is 3.91. The van der Waals surface area contributed by atoms with Crippen molar-refractivity contribution in [1.82, 2.24) is 15.2 Å². The number of nitrogens with zero attached hydrogens (tertiary/aromatic N) is 2. The molecule has 0 unspecified atom stereocenters. The first kappa shape index (κ1) is 9.39. The van der Waals surface area contributed by atoms with Crippen molar-refractivity contribution in [2.24, 2.45) is 0 Å². The van der Waals surface area contributed by atoms with Crippen molar-refractivity contribution >= 4 is 5.97 Å². The minimum Gasteiger partial charge on any atom is -0.465 e. The quantitative estimate of drug-likeness (QED) is 0.746. The molecule has 0 aromatic carbocycles. The molecule has 0 atom stereocenters. The van der Waals surface area contributed by atoms with E-state index in [9.17, 15) is 4.79 Å². The number of rotatable bonds is 2. The highest BCUT2D eigenvalue weighted by molar-refractivity contribution is 5.89. The van der Waals surface area contributed by atoms with Gasteiger partial charge in [-0.05, 0) is 12.1 Å². The number of ether oxygens (including phenoxy) is 1. The van der Waals surface area contributed by atoms with E-state index in [1.807, 2.05) is 0 Å². The van der Waals surface area contributed by atoms with Crippen LogP contribution in [-0.4, -0.2) is 28.3 Å². The monoisotopic (exact) mass is 203 g/mol. The molecule has 1 N–H and O–H groups in total. The Morgan fingerprint density at radius 3 is 2.80 bits per heavy atom. The molecule has 0 saturated carbocycles. The van der Waals surface area contributed by atoms with E-state index in [1.165, 1.54) is 13.3 Å². The molecule has 0 bridgehead atoms. The minimum atomic E-state index is -0.388. The van der Waals surface area contributed by atoms with E-state index in [-0.39, 0.29) is 5.97 Å². The number of H-pyrrole nitrogens is 1. The van der Waals surface area contributed by atoms with Crippen molar-refractivity contribution in [3.8, 4) is 11.3 Å². The molecule has 0 saturated heterocycles. The maximum atomic E-state index is 11.1. The molecule has 0 aliphatic carbocycles. The molecule has 0 aliphatic heterocycles. The lowest BCUT2D eigenvalue weighted by Crippen LogP contribution is -2.01. The molecule has 0 amide bonds. The highest BCUT2D eigenvalue weighted by atomic mass is 16.5. The van der Waals surface area contributed by atoms with Crippen LogP contribution >= 0.6 is 0 Å². The summed E-state index contributed by atoms with van der Waals surface area (Å²) in [5, 5.41) is 6.51. The Kier molecular flexibility index (Phi) is 2.45. The fourth-order valence-electron chi connectivity index (χ4n) is 1.19. The van der Waals surface area contributed by atoms with E-state index in [4.69, 9.17) is 0 Å². The van der Waals surface area contributed by atoms with Crippen LogP contribution in [0.25, 0.3) is 11.3 Å². The van der Waals surface area contributed by atoms with E-state index in [0.717, 1.165) is 11.3 Å². The van der Waals surface area contributed by atoms with Gasteiger partial charge in [-0.15, -0.1) is 0 Å². The van der Waals surface area contributed by atoms with Crippen LogP contribution in [0.4, 0.5) is 0 Å².